The molecule has 0 radical (unpaired) electrons. The van der Waals surface area contributed by atoms with E-state index in [1.165, 1.54) is 0 Å². The van der Waals surface area contributed by atoms with E-state index in [1.54, 1.807) is 0 Å². The number of unbranched alkanes of at least 4 members (excludes halogenated alkanes) is 6. The van der Waals surface area contributed by atoms with Crippen molar-refractivity contribution in [2.75, 3.05) is 94.8 Å². The fourth-order valence-corrected chi connectivity index (χ4v) is 9.15. The summed E-state index contributed by atoms with van der Waals surface area (Å²) in [4.78, 5) is 20.6. The summed E-state index contributed by atoms with van der Waals surface area (Å²) in [6, 6.07) is 55.9. The van der Waals surface area contributed by atoms with E-state index in [2.05, 4.69) is 197 Å². The van der Waals surface area contributed by atoms with Gasteiger partial charge in [-0.15, -0.1) is 0 Å². The van der Waals surface area contributed by atoms with Gasteiger partial charge in [0.05, 0.1) is 36.4 Å². The molecule has 0 aliphatic heterocycles. The zero-order valence-electron chi connectivity index (χ0n) is 43.8. The molecule has 5 aromatic rings. The lowest BCUT2D eigenvalue weighted by Gasteiger charge is -2.31. The minimum Gasteiger partial charge on any atom is -0.371 e. The van der Waals surface area contributed by atoms with Gasteiger partial charge in [0.15, 0.2) is 0 Å². The van der Waals surface area contributed by atoms with Crippen LogP contribution < -0.4 is 29.4 Å². The second kappa shape index (κ2) is 33.5. The Hall–Kier alpha value is -9.18. The maximum absolute atomic E-state index is 9.29. The van der Waals surface area contributed by atoms with Gasteiger partial charge in [0.25, 0.3) is 0 Å². The molecular formula is C62H68N14. The molecule has 386 valence electrons. The van der Waals surface area contributed by atoms with Gasteiger partial charge in [-0.05, 0) is 160 Å². The van der Waals surface area contributed by atoms with Crippen LogP contribution in [-0.4, -0.2) is 65.4 Å². The van der Waals surface area contributed by atoms with Crippen molar-refractivity contribution in [3.8, 4) is 36.4 Å². The Morgan fingerprint density at radius 2 is 0.421 bits per heavy atom. The maximum Gasteiger partial charge on any atom is 0.216 e. The van der Waals surface area contributed by atoms with Crippen molar-refractivity contribution in [1.82, 2.24) is 0 Å². The minimum atomic E-state index is 0.441. The highest BCUT2D eigenvalue weighted by Crippen LogP contribution is 2.41. The van der Waals surface area contributed by atoms with Crippen LogP contribution in [0.15, 0.2) is 121 Å². The zero-order valence-corrected chi connectivity index (χ0v) is 43.8. The lowest BCUT2D eigenvalue weighted by atomic mass is 10.1. The Balaban J connectivity index is 1.59. The van der Waals surface area contributed by atoms with Crippen molar-refractivity contribution >= 4 is 56.9 Å². The van der Waals surface area contributed by atoms with Gasteiger partial charge >= 0.3 is 0 Å². The Labute approximate surface area is 451 Å². The molecule has 0 unspecified atom stereocenters. The van der Waals surface area contributed by atoms with E-state index in [1.807, 2.05) is 0 Å². The monoisotopic (exact) mass is 1010 g/mol. The van der Waals surface area contributed by atoms with Gasteiger partial charge in [-0.2, -0.15) is 31.6 Å². The molecule has 0 spiro atoms. The van der Waals surface area contributed by atoms with Gasteiger partial charge in [0, 0.05) is 161 Å². The molecule has 14 heteroatoms. The molecule has 0 saturated carbocycles. The number of nitrogens with zero attached hydrogens (tertiary/aromatic N) is 14. The van der Waals surface area contributed by atoms with Gasteiger partial charge in [-0.25, -0.2) is 13.1 Å². The van der Waals surface area contributed by atoms with Crippen LogP contribution in [0.4, 0.5) is 56.9 Å². The van der Waals surface area contributed by atoms with Crippen molar-refractivity contribution in [3.05, 3.63) is 144 Å². The van der Waals surface area contributed by atoms with Gasteiger partial charge in [-0.1, -0.05) is 0 Å². The predicted octanol–water partition coefficient (Wildman–Crippen LogP) is 14.3. The Kier molecular flexibility index (Phi) is 25.5. The molecule has 0 bridgehead atoms. The summed E-state index contributed by atoms with van der Waals surface area (Å²) in [5.74, 6) is 0. The molecule has 5 rings (SSSR count). The third kappa shape index (κ3) is 18.1. The Morgan fingerprint density at radius 1 is 0.263 bits per heavy atom. The quantitative estimate of drug-likeness (QED) is 0.0283. The average Bonchev–Trinajstić information content (AvgIpc) is 3.46. The molecule has 0 N–H and O–H groups in total. The van der Waals surface area contributed by atoms with Crippen LogP contribution in [-0.2, 0) is 0 Å². The second-order valence-corrected chi connectivity index (χ2v) is 18.2. The van der Waals surface area contributed by atoms with Crippen LogP contribution in [0, 0.1) is 81.1 Å². The highest BCUT2D eigenvalue weighted by atomic mass is 15.2. The molecule has 0 saturated heterocycles. The number of anilines is 10. The number of hydrogen-bond acceptors (Lipinski definition) is 12. The largest absolute Gasteiger partial charge is 0.371 e. The normalized spacial score (nSPS) is 10.2. The van der Waals surface area contributed by atoms with E-state index >= 15 is 0 Å². The first-order valence-electron chi connectivity index (χ1n) is 26.4. The smallest absolute Gasteiger partial charge is 0.216 e. The van der Waals surface area contributed by atoms with E-state index in [4.69, 9.17) is 13.1 Å². The van der Waals surface area contributed by atoms with Crippen LogP contribution in [0.2, 0.25) is 0 Å². The standard InChI is InChI=1S/C62H68N14/c1-69-43-15-51-73(49-13-7-41-67)55-21-29-59(30-22-55)76(60-31-23-56(24-32-60)74(50-14-8-42-68)52-16-44-70-2)62-35-33-61(34-36-62)75(57-25-17-53(18-26-57)71(45-9-3-37-63)46-10-4-38-64)58-27-19-54(20-28-58)72(47-11-5-39-65)48-12-6-40-66/h17-36H,3-16,43-52H2. The molecule has 0 atom stereocenters. The van der Waals surface area contributed by atoms with Crippen molar-refractivity contribution in [2.24, 2.45) is 0 Å². The first-order valence-corrected chi connectivity index (χ1v) is 26.4. The van der Waals surface area contributed by atoms with Crippen LogP contribution in [0.25, 0.3) is 9.69 Å². The summed E-state index contributed by atoms with van der Waals surface area (Å²) in [5.41, 5.74) is 9.70. The minimum absolute atomic E-state index is 0.441. The summed E-state index contributed by atoms with van der Waals surface area (Å²) in [6.45, 7) is 21.2. The molecule has 0 aliphatic carbocycles. The van der Waals surface area contributed by atoms with E-state index < -0.39 is 0 Å². The summed E-state index contributed by atoms with van der Waals surface area (Å²) in [6.07, 6.45) is 8.56. The van der Waals surface area contributed by atoms with E-state index in [-0.39, 0.29) is 0 Å². The zero-order chi connectivity index (χ0) is 54.0. The third-order valence-corrected chi connectivity index (χ3v) is 13.0. The number of nitriles is 6. The van der Waals surface area contributed by atoms with Crippen LogP contribution in [0.1, 0.15) is 89.9 Å². The van der Waals surface area contributed by atoms with Crippen molar-refractivity contribution in [3.63, 3.8) is 0 Å². The second-order valence-electron chi connectivity index (χ2n) is 18.2. The van der Waals surface area contributed by atoms with E-state index in [9.17, 15) is 31.6 Å². The summed E-state index contributed by atoms with van der Waals surface area (Å²) >= 11 is 0. The first-order chi connectivity index (χ1) is 37.4. The molecule has 0 aromatic heterocycles. The Morgan fingerprint density at radius 3 is 0.579 bits per heavy atom. The van der Waals surface area contributed by atoms with E-state index in [0.717, 1.165) is 108 Å². The number of benzene rings is 5. The van der Waals surface area contributed by atoms with Crippen LogP contribution in [0.3, 0.4) is 0 Å². The predicted molar refractivity (Wildman–Crippen MR) is 306 cm³/mol. The lowest BCUT2D eigenvalue weighted by Crippen LogP contribution is -2.26. The fourth-order valence-electron chi connectivity index (χ4n) is 9.15. The summed E-state index contributed by atoms with van der Waals surface area (Å²) < 4.78 is 0. The SMILES string of the molecule is [C-]#[N+]CCCN(CCCC#N)c1ccc(N(c2ccc(N(CCCC#N)CCC[N+]#[C-])cc2)c2ccc(N(c3ccc(N(CCCC#N)CCCC#N)cc3)c3ccc(N(CCCC#N)CCCC#N)cc3)cc2)cc1. The fraction of sp³-hybridized carbons (Fsp3) is 0.387. The van der Waals surface area contributed by atoms with Gasteiger partial charge in [-0.3, -0.25) is 0 Å². The van der Waals surface area contributed by atoms with Crippen molar-refractivity contribution in [1.29, 1.82) is 31.6 Å². The highest BCUT2D eigenvalue weighted by molar-refractivity contribution is 5.82. The molecule has 14 nitrogen and oxygen atoms in total. The molecule has 76 heavy (non-hydrogen) atoms. The summed E-state index contributed by atoms with van der Waals surface area (Å²) in [7, 11) is 0. The molecule has 0 amide bonds. The van der Waals surface area contributed by atoms with Gasteiger partial charge < -0.3 is 39.1 Å². The average molecular weight is 1010 g/mol. The number of hydrogen-bond donors (Lipinski definition) is 0. The Bertz CT molecular complexity index is 2390. The molecule has 0 heterocycles. The highest BCUT2D eigenvalue weighted by Gasteiger charge is 2.20. The lowest BCUT2D eigenvalue weighted by molar-refractivity contribution is 0.708. The number of rotatable bonds is 34. The van der Waals surface area contributed by atoms with Crippen molar-refractivity contribution in [2.45, 2.75) is 89.9 Å². The van der Waals surface area contributed by atoms with Crippen LogP contribution in [0.5, 0.6) is 0 Å². The van der Waals surface area contributed by atoms with E-state index in [0.29, 0.717) is 104 Å². The van der Waals surface area contributed by atoms with Gasteiger partial charge in [0.2, 0.25) is 13.1 Å². The van der Waals surface area contributed by atoms with Gasteiger partial charge in [0.1, 0.15) is 0 Å². The molecule has 0 aliphatic rings. The van der Waals surface area contributed by atoms with Crippen molar-refractivity contribution < 1.29 is 0 Å². The van der Waals surface area contributed by atoms with Crippen LogP contribution >= 0.6 is 0 Å². The topological polar surface area (TPSA) is 171 Å². The molecule has 5 aromatic carbocycles. The summed E-state index contributed by atoms with van der Waals surface area (Å²) in [5, 5.41) is 55.7. The molecule has 0 fully saturated rings. The molecular weight excluding hydrogens is 941 g/mol. The first kappa shape index (κ1) is 57.7. The maximum atomic E-state index is 9.29. The third-order valence-electron chi connectivity index (χ3n) is 13.0.